The van der Waals surface area contributed by atoms with Crippen molar-refractivity contribution in [3.8, 4) is 0 Å². The Hall–Kier alpha value is -3.20. The monoisotopic (exact) mass is 417 g/mol. The summed E-state index contributed by atoms with van der Waals surface area (Å²) in [4.78, 5) is 23.2. The highest BCUT2D eigenvalue weighted by atomic mass is 32.2. The first-order valence-electron chi connectivity index (χ1n) is 8.98. The second kappa shape index (κ2) is 8.04. The van der Waals surface area contributed by atoms with E-state index in [2.05, 4.69) is 0 Å². The summed E-state index contributed by atoms with van der Waals surface area (Å²) in [6.45, 7) is 3.75. The lowest BCUT2D eigenvalue weighted by Gasteiger charge is -2.06. The van der Waals surface area contributed by atoms with Crippen LogP contribution in [-0.2, 0) is 20.7 Å². The number of non-ortho nitro benzene ring substituents is 1. The highest BCUT2D eigenvalue weighted by molar-refractivity contribution is 7.87. The predicted octanol–water partition coefficient (Wildman–Crippen LogP) is 4.54. The fourth-order valence-corrected chi connectivity index (χ4v) is 3.73. The Bertz CT molecular complexity index is 1180. The van der Waals surface area contributed by atoms with Crippen LogP contribution in [0.15, 0.2) is 51.8 Å². The van der Waals surface area contributed by atoms with Crippen LogP contribution in [-0.4, -0.2) is 19.3 Å². The fraction of sp³-hybridized carbons (Fsp3) is 0.250. The van der Waals surface area contributed by atoms with Gasteiger partial charge in [0, 0.05) is 23.9 Å². The summed E-state index contributed by atoms with van der Waals surface area (Å²) < 4.78 is 35.5. The first-order chi connectivity index (χ1) is 13.7. The van der Waals surface area contributed by atoms with Crippen molar-refractivity contribution < 1.29 is 26.7 Å². The lowest BCUT2D eigenvalue weighted by atomic mass is 10.1. The zero-order chi connectivity index (χ0) is 21.2. The van der Waals surface area contributed by atoms with E-state index in [9.17, 15) is 23.3 Å². The SMILES string of the molecule is CCCCc1oc2ccc([N+](=O)[O-])cc2c1C(=O)OS(=O)(=O)c1ccc(C)cc1. The van der Waals surface area contributed by atoms with Crippen molar-refractivity contribution in [1.29, 1.82) is 0 Å². The van der Waals surface area contributed by atoms with Crippen LogP contribution < -0.4 is 0 Å². The molecule has 0 aliphatic rings. The summed E-state index contributed by atoms with van der Waals surface area (Å²) in [7, 11) is -4.36. The van der Waals surface area contributed by atoms with Gasteiger partial charge in [-0.3, -0.25) is 10.1 Å². The summed E-state index contributed by atoms with van der Waals surface area (Å²) in [6, 6.07) is 9.68. The molecule has 0 aliphatic heterocycles. The largest absolute Gasteiger partial charge is 0.460 e. The normalized spacial score (nSPS) is 11.5. The molecule has 0 fully saturated rings. The Morgan fingerprint density at radius 3 is 2.48 bits per heavy atom. The van der Waals surface area contributed by atoms with E-state index in [0.717, 1.165) is 12.0 Å². The Labute approximate surface area is 167 Å². The van der Waals surface area contributed by atoms with E-state index < -0.39 is 21.0 Å². The number of furan rings is 1. The molecule has 0 unspecified atom stereocenters. The van der Waals surface area contributed by atoms with E-state index in [0.29, 0.717) is 12.8 Å². The quantitative estimate of drug-likeness (QED) is 0.315. The molecule has 1 aromatic heterocycles. The molecule has 0 bridgehead atoms. The van der Waals surface area contributed by atoms with Crippen molar-refractivity contribution in [3.05, 3.63) is 69.5 Å². The maximum Gasteiger partial charge on any atom is 0.358 e. The number of carbonyl (C=O) groups excluding carboxylic acids is 1. The van der Waals surface area contributed by atoms with Gasteiger partial charge in [-0.2, -0.15) is 8.42 Å². The van der Waals surface area contributed by atoms with Crippen LogP contribution in [0.5, 0.6) is 0 Å². The third-order valence-corrected chi connectivity index (χ3v) is 5.63. The van der Waals surface area contributed by atoms with Gasteiger partial charge in [0.05, 0.1) is 4.92 Å². The van der Waals surface area contributed by atoms with E-state index in [-0.39, 0.29) is 32.9 Å². The molecule has 9 heteroatoms. The summed E-state index contributed by atoms with van der Waals surface area (Å²) in [6.07, 6.45) is 1.87. The maximum atomic E-state index is 12.8. The maximum absolute atomic E-state index is 12.8. The van der Waals surface area contributed by atoms with Crippen LogP contribution in [0.3, 0.4) is 0 Å². The number of carbonyl (C=O) groups is 1. The molecule has 0 radical (unpaired) electrons. The molecule has 0 atom stereocenters. The molecule has 2 aromatic carbocycles. The average molecular weight is 417 g/mol. The van der Waals surface area contributed by atoms with E-state index in [1.54, 1.807) is 19.1 Å². The zero-order valence-corrected chi connectivity index (χ0v) is 16.7. The molecule has 0 saturated carbocycles. The number of fused-ring (bicyclic) bond motifs is 1. The zero-order valence-electron chi connectivity index (χ0n) is 15.9. The molecule has 0 amide bonds. The van der Waals surface area contributed by atoms with Gasteiger partial charge in [0.15, 0.2) is 0 Å². The summed E-state index contributed by atoms with van der Waals surface area (Å²) >= 11 is 0. The van der Waals surface area contributed by atoms with Gasteiger partial charge in [0.2, 0.25) is 0 Å². The van der Waals surface area contributed by atoms with Crippen LogP contribution in [0.4, 0.5) is 5.69 Å². The van der Waals surface area contributed by atoms with Gasteiger partial charge in [-0.15, -0.1) is 0 Å². The number of rotatable bonds is 7. The highest BCUT2D eigenvalue weighted by Gasteiger charge is 2.28. The number of hydrogen-bond donors (Lipinski definition) is 0. The molecule has 3 aromatic rings. The van der Waals surface area contributed by atoms with E-state index >= 15 is 0 Å². The second-order valence-electron chi connectivity index (χ2n) is 6.58. The first-order valence-corrected chi connectivity index (χ1v) is 10.4. The minimum atomic E-state index is -4.36. The molecular formula is C20H19NO7S. The number of nitrogens with zero attached hydrogens (tertiary/aromatic N) is 1. The van der Waals surface area contributed by atoms with Gasteiger partial charge in [-0.05, 0) is 31.5 Å². The summed E-state index contributed by atoms with van der Waals surface area (Å²) in [5, 5.41) is 11.3. The lowest BCUT2D eigenvalue weighted by Crippen LogP contribution is -2.14. The van der Waals surface area contributed by atoms with Crippen LogP contribution in [0.25, 0.3) is 11.0 Å². The minimum absolute atomic E-state index is 0.104. The number of aryl methyl sites for hydroxylation is 2. The molecule has 3 rings (SSSR count). The summed E-state index contributed by atoms with van der Waals surface area (Å²) in [5.74, 6) is -0.887. The predicted molar refractivity (Wildman–Crippen MR) is 105 cm³/mol. The van der Waals surface area contributed by atoms with E-state index in [1.807, 2.05) is 6.92 Å². The first kappa shape index (κ1) is 20.5. The van der Waals surface area contributed by atoms with Crippen LogP contribution in [0.1, 0.15) is 41.4 Å². The van der Waals surface area contributed by atoms with Gasteiger partial charge >= 0.3 is 16.1 Å². The van der Waals surface area contributed by atoms with Crippen molar-refractivity contribution in [2.75, 3.05) is 0 Å². The van der Waals surface area contributed by atoms with Crippen LogP contribution in [0.2, 0.25) is 0 Å². The Kier molecular flexibility index (Phi) is 5.69. The number of nitro benzene ring substituents is 1. The topological polar surface area (TPSA) is 117 Å². The molecule has 152 valence electrons. The minimum Gasteiger partial charge on any atom is -0.460 e. The number of nitro groups is 1. The van der Waals surface area contributed by atoms with Gasteiger partial charge in [0.1, 0.15) is 21.8 Å². The molecule has 1 heterocycles. The van der Waals surface area contributed by atoms with Crippen LogP contribution >= 0.6 is 0 Å². The van der Waals surface area contributed by atoms with Crippen molar-refractivity contribution in [2.45, 2.75) is 38.0 Å². The molecule has 0 N–H and O–H groups in total. The molecule has 29 heavy (non-hydrogen) atoms. The third-order valence-electron chi connectivity index (χ3n) is 4.41. The average Bonchev–Trinajstić information content (AvgIpc) is 3.03. The Balaban J connectivity index is 2.05. The number of hydrogen-bond acceptors (Lipinski definition) is 7. The van der Waals surface area contributed by atoms with Gasteiger partial charge in [-0.25, -0.2) is 4.79 Å². The van der Waals surface area contributed by atoms with Crippen molar-refractivity contribution >= 4 is 32.7 Å². The Morgan fingerprint density at radius 1 is 1.17 bits per heavy atom. The standard InChI is InChI=1S/C20H19NO7S/c1-3-4-5-18-19(16-12-14(21(23)24)8-11-17(16)27-18)20(22)28-29(25,26)15-9-6-13(2)7-10-15/h6-12H,3-5H2,1-2H3. The molecule has 0 saturated heterocycles. The molecular weight excluding hydrogens is 398 g/mol. The molecule has 0 aliphatic carbocycles. The van der Waals surface area contributed by atoms with E-state index in [1.165, 1.54) is 30.3 Å². The number of unbranched alkanes of at least 4 members (excludes halogenated alkanes) is 1. The van der Waals surface area contributed by atoms with Gasteiger partial charge in [-0.1, -0.05) is 31.0 Å². The van der Waals surface area contributed by atoms with Crippen molar-refractivity contribution in [2.24, 2.45) is 0 Å². The van der Waals surface area contributed by atoms with Crippen LogP contribution in [0, 0.1) is 17.0 Å². The molecule has 8 nitrogen and oxygen atoms in total. The van der Waals surface area contributed by atoms with Gasteiger partial charge < -0.3 is 8.60 Å². The number of benzene rings is 2. The third kappa shape index (κ3) is 4.29. The Morgan fingerprint density at radius 2 is 1.86 bits per heavy atom. The van der Waals surface area contributed by atoms with Gasteiger partial charge in [0.25, 0.3) is 5.69 Å². The van der Waals surface area contributed by atoms with E-state index in [4.69, 9.17) is 8.60 Å². The highest BCUT2D eigenvalue weighted by Crippen LogP contribution is 2.31. The fourth-order valence-electron chi connectivity index (χ4n) is 2.88. The second-order valence-corrected chi connectivity index (χ2v) is 8.13. The van der Waals surface area contributed by atoms with Crippen molar-refractivity contribution in [1.82, 2.24) is 0 Å². The smallest absolute Gasteiger partial charge is 0.358 e. The summed E-state index contributed by atoms with van der Waals surface area (Å²) in [5.41, 5.74) is 0.760. The molecule has 0 spiro atoms. The van der Waals surface area contributed by atoms with Crippen molar-refractivity contribution in [3.63, 3.8) is 0 Å². The lowest BCUT2D eigenvalue weighted by molar-refractivity contribution is -0.384.